The van der Waals surface area contributed by atoms with Crippen molar-refractivity contribution in [2.24, 2.45) is 7.05 Å². The Morgan fingerprint density at radius 1 is 1.27 bits per heavy atom. The van der Waals surface area contributed by atoms with Gasteiger partial charge < -0.3 is 14.3 Å². The van der Waals surface area contributed by atoms with Gasteiger partial charge in [0.2, 0.25) is 0 Å². The van der Waals surface area contributed by atoms with Gasteiger partial charge in [-0.15, -0.1) is 0 Å². The number of hydrogen-bond acceptors (Lipinski definition) is 3. The maximum atomic E-state index is 12.1. The topological polar surface area (TPSA) is 54.6 Å². The van der Waals surface area contributed by atoms with Gasteiger partial charge in [-0.25, -0.2) is 4.98 Å². The van der Waals surface area contributed by atoms with Gasteiger partial charge in [0.15, 0.2) is 0 Å². The van der Waals surface area contributed by atoms with E-state index in [1.807, 2.05) is 42.1 Å². The summed E-state index contributed by atoms with van der Waals surface area (Å²) >= 11 is 0. The first-order valence-corrected chi connectivity index (χ1v) is 9.21. The van der Waals surface area contributed by atoms with Gasteiger partial charge >= 0.3 is 0 Å². The van der Waals surface area contributed by atoms with E-state index in [4.69, 9.17) is 0 Å². The van der Waals surface area contributed by atoms with Crippen molar-refractivity contribution >= 4 is 11.6 Å². The van der Waals surface area contributed by atoms with E-state index < -0.39 is 0 Å². The van der Waals surface area contributed by atoms with Crippen LogP contribution in [-0.2, 0) is 13.6 Å². The fraction of sp³-hybridized carbons (Fsp3) is 0.400. The number of amides is 1. The molecule has 0 unspecified atom stereocenters. The molecule has 0 bridgehead atoms. The first-order chi connectivity index (χ1) is 12.7. The lowest BCUT2D eigenvalue weighted by Gasteiger charge is -2.36. The van der Waals surface area contributed by atoms with Gasteiger partial charge in [-0.3, -0.25) is 9.69 Å². The second-order valence-corrected chi connectivity index (χ2v) is 6.94. The third-order valence-corrected chi connectivity index (χ3v) is 5.43. The monoisotopic (exact) mass is 351 g/mol. The van der Waals surface area contributed by atoms with Crippen LogP contribution in [0.2, 0.25) is 0 Å². The summed E-state index contributed by atoms with van der Waals surface area (Å²) in [5.41, 5.74) is 4.10. The number of nitrogens with one attached hydrogen (secondary N) is 1. The summed E-state index contributed by atoms with van der Waals surface area (Å²) in [6, 6.07) is 10.4. The number of likely N-dealkylation sites (tertiary alicyclic amines) is 1. The Labute approximate surface area is 153 Å². The van der Waals surface area contributed by atoms with Crippen molar-refractivity contribution in [1.82, 2.24) is 24.2 Å². The van der Waals surface area contributed by atoms with E-state index in [0.717, 1.165) is 25.2 Å². The summed E-state index contributed by atoms with van der Waals surface area (Å²) in [7, 11) is 3.66. The summed E-state index contributed by atoms with van der Waals surface area (Å²) in [6.07, 6.45) is 7.58. The number of carbonyl (C=O) groups is 1. The van der Waals surface area contributed by atoms with E-state index in [2.05, 4.69) is 31.9 Å². The molecule has 3 aromatic heterocycles. The number of rotatable bonds is 4. The Hall–Kier alpha value is -2.60. The molecule has 1 fully saturated rings. The molecule has 3 aromatic rings. The molecule has 136 valence electrons. The average molecular weight is 351 g/mol. The Kier molecular flexibility index (Phi) is 4.51. The molecule has 0 saturated carbocycles. The third kappa shape index (κ3) is 2.90. The molecule has 1 amide bonds. The molecule has 1 atom stereocenters. The maximum Gasteiger partial charge on any atom is 0.267 e. The number of pyridine rings is 1. The second-order valence-electron chi connectivity index (χ2n) is 6.94. The van der Waals surface area contributed by atoms with Crippen LogP contribution in [0.5, 0.6) is 0 Å². The van der Waals surface area contributed by atoms with E-state index in [1.165, 1.54) is 24.2 Å². The standard InChI is InChI=1S/C20H25N5O/c1-21-20(26)18-10-9-16(23(18)2)17-7-3-5-11-24(17)14-15-13-22-19-8-4-6-12-25(15)19/h4,6,8-10,12-13,17H,3,5,7,11,14H2,1-2H3,(H,21,26)/t17-/m1/s1. The van der Waals surface area contributed by atoms with Crippen molar-refractivity contribution in [3.05, 3.63) is 59.8 Å². The largest absolute Gasteiger partial charge is 0.354 e. The normalized spacial score (nSPS) is 18.3. The average Bonchev–Trinajstić information content (AvgIpc) is 3.26. The van der Waals surface area contributed by atoms with Crippen LogP contribution < -0.4 is 5.32 Å². The predicted molar refractivity (Wildman–Crippen MR) is 101 cm³/mol. The van der Waals surface area contributed by atoms with E-state index in [-0.39, 0.29) is 5.91 Å². The molecule has 4 heterocycles. The highest BCUT2D eigenvalue weighted by atomic mass is 16.1. The molecule has 0 radical (unpaired) electrons. The Morgan fingerprint density at radius 3 is 3.00 bits per heavy atom. The minimum absolute atomic E-state index is 0.0390. The van der Waals surface area contributed by atoms with Crippen molar-refractivity contribution in [2.75, 3.05) is 13.6 Å². The van der Waals surface area contributed by atoms with Crippen molar-refractivity contribution in [3.8, 4) is 0 Å². The first kappa shape index (κ1) is 16.8. The second kappa shape index (κ2) is 6.96. The van der Waals surface area contributed by atoms with Crippen molar-refractivity contribution in [3.63, 3.8) is 0 Å². The SMILES string of the molecule is CNC(=O)c1ccc([C@H]2CCCCN2Cc2cnc3ccccn23)n1C. The van der Waals surface area contributed by atoms with Gasteiger partial charge in [0, 0.05) is 32.5 Å². The van der Waals surface area contributed by atoms with Crippen LogP contribution in [0.4, 0.5) is 0 Å². The van der Waals surface area contributed by atoms with Crippen LogP contribution in [0, 0.1) is 0 Å². The molecule has 6 heteroatoms. The molecule has 0 aromatic carbocycles. The molecular formula is C20H25N5O. The van der Waals surface area contributed by atoms with Crippen LogP contribution in [0.3, 0.4) is 0 Å². The zero-order valence-electron chi connectivity index (χ0n) is 15.4. The van der Waals surface area contributed by atoms with E-state index in [0.29, 0.717) is 11.7 Å². The number of fused-ring (bicyclic) bond motifs is 1. The molecule has 1 aliphatic heterocycles. The third-order valence-electron chi connectivity index (χ3n) is 5.43. The number of imidazole rings is 1. The molecule has 6 nitrogen and oxygen atoms in total. The molecule has 1 saturated heterocycles. The van der Waals surface area contributed by atoms with E-state index in [9.17, 15) is 4.79 Å². The van der Waals surface area contributed by atoms with Crippen LogP contribution >= 0.6 is 0 Å². The number of piperidine rings is 1. The summed E-state index contributed by atoms with van der Waals surface area (Å²) in [6.45, 7) is 1.92. The van der Waals surface area contributed by atoms with Crippen molar-refractivity contribution in [2.45, 2.75) is 31.8 Å². The minimum Gasteiger partial charge on any atom is -0.354 e. The number of hydrogen-bond donors (Lipinski definition) is 1. The maximum absolute atomic E-state index is 12.1. The van der Waals surface area contributed by atoms with Crippen LogP contribution in [-0.4, -0.2) is 38.4 Å². The molecule has 26 heavy (non-hydrogen) atoms. The van der Waals surface area contributed by atoms with Gasteiger partial charge in [-0.2, -0.15) is 0 Å². The molecule has 1 N–H and O–H groups in total. The molecule has 4 rings (SSSR count). The van der Waals surface area contributed by atoms with Gasteiger partial charge in [0.25, 0.3) is 5.91 Å². The molecule has 1 aliphatic rings. The zero-order valence-corrected chi connectivity index (χ0v) is 15.4. The van der Waals surface area contributed by atoms with E-state index in [1.54, 1.807) is 7.05 Å². The predicted octanol–water partition coefficient (Wildman–Crippen LogP) is 2.76. The number of aromatic nitrogens is 3. The first-order valence-electron chi connectivity index (χ1n) is 9.21. The smallest absolute Gasteiger partial charge is 0.267 e. The summed E-state index contributed by atoms with van der Waals surface area (Å²) in [5.74, 6) is -0.0390. The molecular weight excluding hydrogens is 326 g/mol. The fourth-order valence-corrected chi connectivity index (χ4v) is 4.04. The minimum atomic E-state index is -0.0390. The molecule has 0 spiro atoms. The van der Waals surface area contributed by atoms with Crippen LogP contribution in [0.25, 0.3) is 5.65 Å². The number of nitrogens with zero attached hydrogens (tertiary/aromatic N) is 4. The van der Waals surface area contributed by atoms with Crippen LogP contribution in [0.1, 0.15) is 47.2 Å². The lowest BCUT2D eigenvalue weighted by Crippen LogP contribution is -2.34. The highest BCUT2D eigenvalue weighted by Crippen LogP contribution is 2.33. The highest BCUT2D eigenvalue weighted by Gasteiger charge is 2.28. The Morgan fingerprint density at radius 2 is 2.15 bits per heavy atom. The quantitative estimate of drug-likeness (QED) is 0.786. The molecule has 0 aliphatic carbocycles. The van der Waals surface area contributed by atoms with Gasteiger partial charge in [0.05, 0.1) is 17.9 Å². The zero-order chi connectivity index (χ0) is 18.1. The van der Waals surface area contributed by atoms with E-state index >= 15 is 0 Å². The van der Waals surface area contributed by atoms with Gasteiger partial charge in [0.1, 0.15) is 11.3 Å². The van der Waals surface area contributed by atoms with Crippen LogP contribution in [0.15, 0.2) is 42.7 Å². The van der Waals surface area contributed by atoms with Crippen molar-refractivity contribution in [1.29, 1.82) is 0 Å². The summed E-state index contributed by atoms with van der Waals surface area (Å²) in [5, 5.41) is 2.72. The summed E-state index contributed by atoms with van der Waals surface area (Å²) in [4.78, 5) is 19.1. The van der Waals surface area contributed by atoms with Gasteiger partial charge in [-0.1, -0.05) is 12.5 Å². The summed E-state index contributed by atoms with van der Waals surface area (Å²) < 4.78 is 4.20. The fourth-order valence-electron chi connectivity index (χ4n) is 4.04. The lowest BCUT2D eigenvalue weighted by atomic mass is 9.99. The highest BCUT2D eigenvalue weighted by molar-refractivity contribution is 5.92. The Bertz CT molecular complexity index is 925. The lowest BCUT2D eigenvalue weighted by molar-refractivity contribution is 0.0952. The van der Waals surface area contributed by atoms with Crippen molar-refractivity contribution < 1.29 is 4.79 Å². The number of carbonyl (C=O) groups excluding carboxylic acids is 1. The Balaban J connectivity index is 1.63. The van der Waals surface area contributed by atoms with Gasteiger partial charge in [-0.05, 0) is 43.7 Å².